The fourth-order valence-corrected chi connectivity index (χ4v) is 1.95. The highest BCUT2D eigenvalue weighted by Crippen LogP contribution is 2.30. The molecule has 5 nitrogen and oxygen atoms in total. The molecule has 0 fully saturated rings. The highest BCUT2D eigenvalue weighted by atomic mass is 19.4. The van der Waals surface area contributed by atoms with Crippen LogP contribution in [0.3, 0.4) is 0 Å². The average Bonchev–Trinajstić information content (AvgIpc) is 2.74. The molecule has 1 aromatic carbocycles. The van der Waals surface area contributed by atoms with Gasteiger partial charge in [-0.3, -0.25) is 4.68 Å². The minimum absolute atomic E-state index is 0.0789. The predicted octanol–water partition coefficient (Wildman–Crippen LogP) is 3.07. The summed E-state index contributed by atoms with van der Waals surface area (Å²) in [6.45, 7) is 2.05. The molecule has 0 spiro atoms. The number of hydrogen-bond donors (Lipinski definition) is 2. The molecule has 0 saturated carbocycles. The lowest BCUT2D eigenvalue weighted by Crippen LogP contribution is -2.28. The van der Waals surface area contributed by atoms with Gasteiger partial charge in [0.15, 0.2) is 0 Å². The molecule has 0 aliphatic heterocycles. The fraction of sp³-hybridized carbons (Fsp3) is 0.286. The molecule has 0 bridgehead atoms. The second-order valence-corrected chi connectivity index (χ2v) is 4.80. The van der Waals surface area contributed by atoms with E-state index in [4.69, 9.17) is 0 Å². The molecule has 0 aliphatic rings. The molecule has 22 heavy (non-hydrogen) atoms. The van der Waals surface area contributed by atoms with E-state index in [1.165, 1.54) is 12.1 Å². The Balaban J connectivity index is 1.96. The molecule has 2 aromatic rings. The summed E-state index contributed by atoms with van der Waals surface area (Å²) in [6.07, 6.45) is -2.68. The highest BCUT2D eigenvalue weighted by molar-refractivity contribution is 5.89. The van der Waals surface area contributed by atoms with Crippen molar-refractivity contribution in [3.05, 3.63) is 47.3 Å². The van der Waals surface area contributed by atoms with E-state index in [0.717, 1.165) is 23.4 Å². The van der Waals surface area contributed by atoms with Gasteiger partial charge in [0, 0.05) is 31.0 Å². The first kappa shape index (κ1) is 15.9. The molecule has 8 heteroatoms. The number of anilines is 1. The number of aryl methyl sites for hydroxylation is 2. The maximum absolute atomic E-state index is 12.6. The van der Waals surface area contributed by atoms with Gasteiger partial charge in [-0.2, -0.15) is 18.3 Å². The van der Waals surface area contributed by atoms with Crippen LogP contribution in [0, 0.1) is 6.92 Å². The van der Waals surface area contributed by atoms with Crippen molar-refractivity contribution >= 4 is 11.7 Å². The molecule has 2 rings (SSSR count). The number of aromatic nitrogens is 2. The Hall–Kier alpha value is -2.51. The van der Waals surface area contributed by atoms with Crippen LogP contribution in [0.25, 0.3) is 0 Å². The van der Waals surface area contributed by atoms with E-state index in [0.29, 0.717) is 0 Å². The summed E-state index contributed by atoms with van der Waals surface area (Å²) in [5.74, 6) is 0. The predicted molar refractivity (Wildman–Crippen MR) is 75.2 cm³/mol. The topological polar surface area (TPSA) is 59.0 Å². The Labute approximate surface area is 125 Å². The molecule has 1 aromatic heterocycles. The maximum atomic E-state index is 12.6. The van der Waals surface area contributed by atoms with Crippen LogP contribution in [0.4, 0.5) is 23.7 Å². The molecule has 0 aliphatic carbocycles. The molecule has 2 N–H and O–H groups in total. The minimum Gasteiger partial charge on any atom is -0.334 e. The molecule has 0 radical (unpaired) electrons. The van der Waals surface area contributed by atoms with Gasteiger partial charge < -0.3 is 10.6 Å². The lowest BCUT2D eigenvalue weighted by molar-refractivity contribution is -0.137. The average molecular weight is 312 g/mol. The van der Waals surface area contributed by atoms with E-state index in [1.54, 1.807) is 17.9 Å². The summed E-state index contributed by atoms with van der Waals surface area (Å²) in [7, 11) is 1.76. The zero-order chi connectivity index (χ0) is 16.3. The third-order valence-electron chi connectivity index (χ3n) is 3.00. The summed E-state index contributed by atoms with van der Waals surface area (Å²) < 4.78 is 39.4. The summed E-state index contributed by atoms with van der Waals surface area (Å²) in [5, 5.41) is 9.08. The first-order valence-corrected chi connectivity index (χ1v) is 6.47. The van der Waals surface area contributed by atoms with Crippen LogP contribution in [0.5, 0.6) is 0 Å². The number of carbonyl (C=O) groups excluding carboxylic acids is 1. The van der Waals surface area contributed by atoms with Crippen molar-refractivity contribution in [2.45, 2.75) is 19.6 Å². The zero-order valence-electron chi connectivity index (χ0n) is 12.0. The Morgan fingerprint density at radius 1 is 1.36 bits per heavy atom. The first-order chi connectivity index (χ1) is 10.3. The number of hydrogen-bond acceptors (Lipinski definition) is 2. The van der Waals surface area contributed by atoms with Crippen LogP contribution in [0.2, 0.25) is 0 Å². The van der Waals surface area contributed by atoms with Gasteiger partial charge in [-0.25, -0.2) is 4.79 Å². The zero-order valence-corrected chi connectivity index (χ0v) is 12.0. The van der Waals surface area contributed by atoms with Gasteiger partial charge in [0.25, 0.3) is 0 Å². The van der Waals surface area contributed by atoms with Gasteiger partial charge in [0.1, 0.15) is 0 Å². The van der Waals surface area contributed by atoms with Crippen molar-refractivity contribution in [2.24, 2.45) is 7.05 Å². The summed E-state index contributed by atoms with van der Waals surface area (Å²) >= 11 is 0. The molecule has 1 heterocycles. The van der Waals surface area contributed by atoms with E-state index in [1.807, 2.05) is 6.92 Å². The van der Waals surface area contributed by atoms with Crippen LogP contribution in [-0.2, 0) is 19.8 Å². The molecule has 2 amide bonds. The minimum atomic E-state index is -4.44. The van der Waals surface area contributed by atoms with Crippen LogP contribution in [0.1, 0.15) is 16.8 Å². The van der Waals surface area contributed by atoms with Gasteiger partial charge in [-0.15, -0.1) is 0 Å². The number of amides is 2. The van der Waals surface area contributed by atoms with Crippen LogP contribution in [0.15, 0.2) is 30.5 Å². The lowest BCUT2D eigenvalue weighted by atomic mass is 10.2. The van der Waals surface area contributed by atoms with Gasteiger partial charge in [-0.05, 0) is 25.1 Å². The number of halogens is 3. The summed E-state index contributed by atoms with van der Waals surface area (Å²) in [6, 6.07) is 3.88. The SMILES string of the molecule is Cc1nn(C)cc1CNC(=O)Nc1cccc(C(F)(F)F)c1. The number of nitrogens with zero attached hydrogens (tertiary/aromatic N) is 2. The van der Waals surface area contributed by atoms with Crippen LogP contribution >= 0.6 is 0 Å². The van der Waals surface area contributed by atoms with E-state index in [2.05, 4.69) is 15.7 Å². The third kappa shape index (κ3) is 4.00. The van der Waals surface area contributed by atoms with Gasteiger partial charge >= 0.3 is 12.2 Å². The molecular weight excluding hydrogens is 297 g/mol. The van der Waals surface area contributed by atoms with Crippen molar-refractivity contribution < 1.29 is 18.0 Å². The number of urea groups is 1. The maximum Gasteiger partial charge on any atom is 0.416 e. The summed E-state index contributed by atoms with van der Waals surface area (Å²) in [5.41, 5.74) is 0.882. The van der Waals surface area contributed by atoms with E-state index in [-0.39, 0.29) is 12.2 Å². The Morgan fingerprint density at radius 3 is 2.68 bits per heavy atom. The standard InChI is InChI=1S/C14H15F3N4O/c1-9-10(8-21(2)20-9)7-18-13(22)19-12-5-3-4-11(6-12)14(15,16)17/h3-6,8H,7H2,1-2H3,(H2,18,19,22). The van der Waals surface area contributed by atoms with Gasteiger partial charge in [-0.1, -0.05) is 6.07 Å². The van der Waals surface area contributed by atoms with Gasteiger partial charge in [0.2, 0.25) is 0 Å². The summed E-state index contributed by atoms with van der Waals surface area (Å²) in [4.78, 5) is 11.7. The van der Waals surface area contributed by atoms with E-state index in [9.17, 15) is 18.0 Å². The van der Waals surface area contributed by atoms with Crippen molar-refractivity contribution in [2.75, 3.05) is 5.32 Å². The molecule has 0 saturated heterocycles. The quantitative estimate of drug-likeness (QED) is 0.915. The smallest absolute Gasteiger partial charge is 0.334 e. The molecule has 118 valence electrons. The fourth-order valence-electron chi connectivity index (χ4n) is 1.95. The third-order valence-corrected chi connectivity index (χ3v) is 3.00. The van der Waals surface area contributed by atoms with E-state index >= 15 is 0 Å². The van der Waals surface area contributed by atoms with Crippen molar-refractivity contribution in [1.82, 2.24) is 15.1 Å². The highest BCUT2D eigenvalue weighted by Gasteiger charge is 2.30. The molecule has 0 atom stereocenters. The van der Waals surface area contributed by atoms with Crippen LogP contribution < -0.4 is 10.6 Å². The van der Waals surface area contributed by atoms with Crippen molar-refractivity contribution in [3.63, 3.8) is 0 Å². The number of alkyl halides is 3. The number of carbonyl (C=O) groups is 1. The second-order valence-electron chi connectivity index (χ2n) is 4.80. The Kier molecular flexibility index (Phi) is 4.39. The second kappa shape index (κ2) is 6.08. The Morgan fingerprint density at radius 2 is 2.09 bits per heavy atom. The number of benzene rings is 1. The van der Waals surface area contributed by atoms with Crippen LogP contribution in [-0.4, -0.2) is 15.8 Å². The molecule has 0 unspecified atom stereocenters. The largest absolute Gasteiger partial charge is 0.416 e. The first-order valence-electron chi connectivity index (χ1n) is 6.47. The van der Waals surface area contributed by atoms with Crippen molar-refractivity contribution in [1.29, 1.82) is 0 Å². The van der Waals surface area contributed by atoms with E-state index < -0.39 is 17.8 Å². The number of nitrogens with one attached hydrogen (secondary N) is 2. The monoisotopic (exact) mass is 312 g/mol. The normalized spacial score (nSPS) is 11.3. The lowest BCUT2D eigenvalue weighted by Gasteiger charge is -2.10. The van der Waals surface area contributed by atoms with Crippen molar-refractivity contribution in [3.8, 4) is 0 Å². The van der Waals surface area contributed by atoms with Gasteiger partial charge in [0.05, 0.1) is 11.3 Å². The molecular formula is C14H15F3N4O. The Bertz CT molecular complexity index is 679. The number of rotatable bonds is 3.